The zero-order valence-corrected chi connectivity index (χ0v) is 38.3. The molecular formula is C42H59N3O10SSi2. The number of hydrogen-bond donors (Lipinski definition) is 1. The van der Waals surface area contributed by atoms with Gasteiger partial charge < -0.3 is 24.1 Å². The number of ether oxygens (including phenoxy) is 2. The SMILES string of the molecule is Cc1cn([C@@H]2O[C@H](CO[Si](C)(C)C(C)(C)C)C3(OS(=O)(=O)C=C3N)[C@H]2O[Si](C)(C)C(C)(C)C)c(=O)n(CCCO/C(=C/C(=O)c2ccccc2)c2ccccc2)c1=O. The molecule has 2 aromatic carbocycles. The molecule has 1 spiro atoms. The predicted molar refractivity (Wildman–Crippen MR) is 230 cm³/mol. The van der Waals surface area contributed by atoms with E-state index in [1.165, 1.54) is 16.8 Å². The van der Waals surface area contributed by atoms with E-state index < -0.39 is 62.0 Å². The van der Waals surface area contributed by atoms with Gasteiger partial charge in [-0.05, 0) is 49.6 Å². The van der Waals surface area contributed by atoms with E-state index in [0.717, 1.165) is 9.98 Å². The van der Waals surface area contributed by atoms with Crippen LogP contribution in [0.25, 0.3) is 5.76 Å². The summed E-state index contributed by atoms with van der Waals surface area (Å²) in [5.41, 5.74) is 4.88. The molecule has 1 fully saturated rings. The number of carbonyl (C=O) groups excluding carboxylic acids is 1. The van der Waals surface area contributed by atoms with Crippen LogP contribution in [0.5, 0.6) is 0 Å². The fourth-order valence-corrected chi connectivity index (χ4v) is 9.88. The van der Waals surface area contributed by atoms with Gasteiger partial charge in [0.2, 0.25) is 0 Å². The number of ketones is 1. The van der Waals surface area contributed by atoms with Crippen LogP contribution in [-0.4, -0.2) is 71.0 Å². The van der Waals surface area contributed by atoms with Gasteiger partial charge in [-0.1, -0.05) is 102 Å². The van der Waals surface area contributed by atoms with Gasteiger partial charge in [-0.2, -0.15) is 8.42 Å². The van der Waals surface area contributed by atoms with E-state index in [0.29, 0.717) is 16.9 Å². The quantitative estimate of drug-likeness (QED) is 0.0450. The number of nitrogens with two attached hydrogens (primary N) is 1. The second-order valence-electron chi connectivity index (χ2n) is 18.1. The Hall–Kier alpha value is -3.91. The van der Waals surface area contributed by atoms with Gasteiger partial charge in [-0.25, -0.2) is 8.98 Å². The number of nitrogens with zero attached hydrogens (tertiary/aromatic N) is 2. The van der Waals surface area contributed by atoms with Gasteiger partial charge in [-0.15, -0.1) is 0 Å². The van der Waals surface area contributed by atoms with Crippen molar-refractivity contribution in [1.29, 1.82) is 0 Å². The fraction of sp³-hybridized carbons (Fsp3) is 0.500. The van der Waals surface area contributed by atoms with Crippen molar-refractivity contribution in [2.24, 2.45) is 5.73 Å². The molecule has 0 bridgehead atoms. The van der Waals surface area contributed by atoms with E-state index in [1.54, 1.807) is 31.2 Å². The number of carbonyl (C=O) groups is 1. The Morgan fingerprint density at radius 1 is 0.914 bits per heavy atom. The Labute approximate surface area is 344 Å². The normalized spacial score (nSPS) is 22.6. The van der Waals surface area contributed by atoms with Gasteiger partial charge >= 0.3 is 5.69 Å². The van der Waals surface area contributed by atoms with Crippen LogP contribution in [0.1, 0.15) is 75.7 Å². The van der Waals surface area contributed by atoms with Crippen molar-refractivity contribution in [2.75, 3.05) is 13.2 Å². The molecule has 3 aromatic rings. The van der Waals surface area contributed by atoms with Crippen LogP contribution in [0, 0.1) is 6.92 Å². The van der Waals surface area contributed by atoms with E-state index in [1.807, 2.05) is 70.3 Å². The lowest BCUT2D eigenvalue weighted by atomic mass is 9.89. The summed E-state index contributed by atoms with van der Waals surface area (Å²) in [6.07, 6.45) is -0.554. The highest BCUT2D eigenvalue weighted by molar-refractivity contribution is 7.90. The van der Waals surface area contributed by atoms with Crippen LogP contribution in [0.2, 0.25) is 36.3 Å². The average molecular weight is 854 g/mol. The lowest BCUT2D eigenvalue weighted by Gasteiger charge is -2.43. The van der Waals surface area contributed by atoms with Gasteiger partial charge in [-0.3, -0.25) is 18.7 Å². The summed E-state index contributed by atoms with van der Waals surface area (Å²) in [6, 6.07) is 18.0. The van der Waals surface area contributed by atoms with Crippen LogP contribution in [0.4, 0.5) is 0 Å². The molecule has 1 unspecified atom stereocenters. The van der Waals surface area contributed by atoms with E-state index >= 15 is 0 Å². The zero-order valence-electron chi connectivity index (χ0n) is 35.5. The van der Waals surface area contributed by atoms with Crippen LogP contribution < -0.4 is 17.0 Å². The lowest BCUT2D eigenvalue weighted by Crippen LogP contribution is -2.59. The summed E-state index contributed by atoms with van der Waals surface area (Å²) in [4.78, 5) is 41.3. The van der Waals surface area contributed by atoms with Gasteiger partial charge in [0.1, 0.15) is 18.0 Å². The molecule has 2 aliphatic heterocycles. The highest BCUT2D eigenvalue weighted by atomic mass is 32.2. The maximum atomic E-state index is 14.5. The van der Waals surface area contributed by atoms with Crippen molar-refractivity contribution in [2.45, 2.75) is 122 Å². The minimum Gasteiger partial charge on any atom is -0.493 e. The Balaban J connectivity index is 1.52. The summed E-state index contributed by atoms with van der Waals surface area (Å²) >= 11 is 0. The van der Waals surface area contributed by atoms with Crippen LogP contribution >= 0.6 is 0 Å². The average Bonchev–Trinajstić information content (AvgIpc) is 3.56. The summed E-state index contributed by atoms with van der Waals surface area (Å²) in [6.45, 7) is 22.0. The molecule has 0 amide bonds. The molecule has 3 heterocycles. The Morgan fingerprint density at radius 2 is 1.48 bits per heavy atom. The van der Waals surface area contributed by atoms with Gasteiger partial charge in [0.15, 0.2) is 34.2 Å². The smallest absolute Gasteiger partial charge is 0.333 e. The largest absolute Gasteiger partial charge is 0.493 e. The zero-order chi connectivity index (χ0) is 43.1. The lowest BCUT2D eigenvalue weighted by molar-refractivity contribution is -0.0567. The highest BCUT2D eigenvalue weighted by Gasteiger charge is 2.67. The molecule has 2 aliphatic rings. The van der Waals surface area contributed by atoms with E-state index in [2.05, 4.69) is 33.9 Å². The van der Waals surface area contributed by atoms with E-state index in [-0.39, 0.29) is 53.3 Å². The number of benzene rings is 2. The topological polar surface area (TPSA) is 167 Å². The first-order chi connectivity index (χ1) is 26.8. The third kappa shape index (κ3) is 9.27. The molecule has 316 valence electrons. The molecule has 1 aromatic heterocycles. The van der Waals surface area contributed by atoms with Crippen molar-refractivity contribution < 1.29 is 35.7 Å². The van der Waals surface area contributed by atoms with Gasteiger partial charge in [0.25, 0.3) is 15.7 Å². The highest BCUT2D eigenvalue weighted by Crippen LogP contribution is 2.52. The summed E-state index contributed by atoms with van der Waals surface area (Å²) in [5, 5.41) is 0.324. The van der Waals surface area contributed by atoms with E-state index in [4.69, 9.17) is 28.2 Å². The molecule has 58 heavy (non-hydrogen) atoms. The van der Waals surface area contributed by atoms with Crippen molar-refractivity contribution in [1.82, 2.24) is 9.13 Å². The van der Waals surface area contributed by atoms with Crippen LogP contribution in [-0.2, 0) is 39.2 Å². The van der Waals surface area contributed by atoms with Crippen LogP contribution in [0.3, 0.4) is 0 Å². The third-order valence-corrected chi connectivity index (χ3v) is 21.9. The standard InChI is InChI=1S/C42H59N3O10SSi2/c1-29-26-45(39(48)44(37(29)47)23-18-24-51-33(31-21-16-13-17-22-31)25-32(46)30-19-14-12-15-20-30)38-36(54-58(10,11)41(5,6)7)42(34(43)28-56(49,50)55-42)35(53-38)27-52-57(8,9)40(2,3)4/h12-17,19-22,25-26,28,35-36,38H,18,23-24,27,43H2,1-11H3/b33-25+/t35-,36+,38-,42?/m1/s1. The number of rotatable bonds is 14. The summed E-state index contributed by atoms with van der Waals surface area (Å²) < 4.78 is 61.3. The van der Waals surface area contributed by atoms with Crippen molar-refractivity contribution in [3.63, 3.8) is 0 Å². The van der Waals surface area contributed by atoms with Gasteiger partial charge in [0.05, 0.1) is 24.3 Å². The first-order valence-electron chi connectivity index (χ1n) is 19.5. The monoisotopic (exact) mass is 853 g/mol. The molecular weight excluding hydrogens is 795 g/mol. The van der Waals surface area contributed by atoms with Crippen molar-refractivity contribution in [3.05, 3.63) is 122 Å². The third-order valence-electron chi connectivity index (χ3n) is 11.9. The minimum atomic E-state index is -4.29. The molecule has 0 aliphatic carbocycles. The minimum absolute atomic E-state index is 0.0372. The number of aromatic nitrogens is 2. The van der Waals surface area contributed by atoms with E-state index in [9.17, 15) is 22.8 Å². The number of allylic oxidation sites excluding steroid dienone is 1. The molecule has 13 nitrogen and oxygen atoms in total. The molecule has 0 saturated carbocycles. The van der Waals surface area contributed by atoms with Gasteiger partial charge in [0, 0.05) is 35.5 Å². The summed E-state index contributed by atoms with van der Waals surface area (Å²) in [7, 11) is -9.51. The first kappa shape index (κ1) is 45.2. The Morgan fingerprint density at radius 3 is 2.02 bits per heavy atom. The second kappa shape index (κ2) is 16.6. The molecule has 1 saturated heterocycles. The second-order valence-corrected chi connectivity index (χ2v) is 29.0. The maximum Gasteiger partial charge on any atom is 0.333 e. The maximum absolute atomic E-state index is 14.5. The van der Waals surface area contributed by atoms with Crippen molar-refractivity contribution >= 4 is 38.3 Å². The molecule has 2 N–H and O–H groups in total. The predicted octanol–water partition coefficient (Wildman–Crippen LogP) is 6.86. The molecule has 16 heteroatoms. The molecule has 5 rings (SSSR count). The Bertz CT molecular complexity index is 2280. The Kier molecular flexibility index (Phi) is 13.0. The summed E-state index contributed by atoms with van der Waals surface area (Å²) in [5.74, 6) is 0.116. The molecule has 0 radical (unpaired) electrons. The fourth-order valence-electron chi connectivity index (χ4n) is 6.37. The molecule has 4 atom stereocenters. The number of aryl methyl sites for hydroxylation is 1. The van der Waals surface area contributed by atoms with Crippen molar-refractivity contribution in [3.8, 4) is 0 Å². The van der Waals surface area contributed by atoms with Crippen LogP contribution in [0.15, 0.2) is 93.6 Å². The first-order valence-corrected chi connectivity index (χ1v) is 26.8. The number of hydrogen-bond acceptors (Lipinski definition) is 11.